The number of hydrogen-bond donors (Lipinski definition) is 6. The Morgan fingerprint density at radius 2 is 1.92 bits per heavy atom. The third-order valence-electron chi connectivity index (χ3n) is 5.90. The summed E-state index contributed by atoms with van der Waals surface area (Å²) in [6.45, 7) is 1.60. The largest absolute Gasteiger partial charge is 0.480 e. The van der Waals surface area contributed by atoms with Crippen LogP contribution < -0.4 is 26.0 Å². The fourth-order valence-corrected chi connectivity index (χ4v) is 6.34. The maximum atomic E-state index is 13.0. The Hall–Kier alpha value is -3.20. The number of aromatic nitrogens is 2. The van der Waals surface area contributed by atoms with Gasteiger partial charge in [-0.1, -0.05) is 41.4 Å². The molecule has 0 fully saturated rings. The topological polar surface area (TPSA) is 166 Å². The molecule has 1 aromatic heterocycles. The fourth-order valence-electron chi connectivity index (χ4n) is 4.01. The minimum Gasteiger partial charge on any atom is -0.480 e. The molecule has 208 valence electrons. The van der Waals surface area contributed by atoms with E-state index in [1.54, 1.807) is 23.0 Å². The molecule has 3 aromatic rings. The van der Waals surface area contributed by atoms with Crippen molar-refractivity contribution < 1.29 is 23.1 Å². The standard InChI is InChI=1S/C24H27Cl2N7O5S/c25-17-6-2-7-18(26)21(17)39(37,38)32-19(23(35)36)14-30-22(34)15-5-1-8-20-16(15)13-31-33(20)12-4-11-29-24-27-9-3-10-28-24/h1-3,5-9,13,19,24,27-29,32H,4,10-12,14H2,(H,30,34)(H,35,36). The number of carbonyl (C=O) groups is 2. The molecule has 1 aliphatic heterocycles. The summed E-state index contributed by atoms with van der Waals surface area (Å²) in [6, 6.07) is 7.55. The second kappa shape index (κ2) is 12.8. The lowest BCUT2D eigenvalue weighted by Gasteiger charge is -2.22. The smallest absolute Gasteiger partial charge is 0.323 e. The molecule has 2 unspecified atom stereocenters. The van der Waals surface area contributed by atoms with Crippen molar-refractivity contribution in [3.05, 3.63) is 70.5 Å². The second-order valence-electron chi connectivity index (χ2n) is 8.60. The van der Waals surface area contributed by atoms with Crippen molar-refractivity contribution in [3.8, 4) is 0 Å². The fraction of sp³-hybridized carbons (Fsp3) is 0.292. The number of hydrogen-bond acceptors (Lipinski definition) is 8. The summed E-state index contributed by atoms with van der Waals surface area (Å²) in [6.07, 6.45) is 6.24. The van der Waals surface area contributed by atoms with Crippen LogP contribution in [0.2, 0.25) is 10.0 Å². The van der Waals surface area contributed by atoms with Crippen molar-refractivity contribution in [2.45, 2.75) is 30.2 Å². The maximum Gasteiger partial charge on any atom is 0.323 e. The molecule has 0 radical (unpaired) electrons. The lowest BCUT2D eigenvalue weighted by molar-refractivity contribution is -0.138. The average Bonchev–Trinajstić information content (AvgIpc) is 3.32. The van der Waals surface area contributed by atoms with Crippen LogP contribution in [0.25, 0.3) is 10.9 Å². The van der Waals surface area contributed by atoms with Gasteiger partial charge in [-0.05, 0) is 36.9 Å². The lowest BCUT2D eigenvalue weighted by Crippen LogP contribution is -2.53. The van der Waals surface area contributed by atoms with Crippen molar-refractivity contribution in [1.29, 1.82) is 0 Å². The van der Waals surface area contributed by atoms with E-state index in [0.717, 1.165) is 25.0 Å². The zero-order valence-electron chi connectivity index (χ0n) is 20.5. The number of carboxylic acid groups (broad SMARTS) is 1. The van der Waals surface area contributed by atoms with Crippen LogP contribution in [0.15, 0.2) is 59.8 Å². The third-order valence-corrected chi connectivity index (χ3v) is 8.32. The average molecular weight is 596 g/mol. The molecule has 0 saturated carbocycles. The summed E-state index contributed by atoms with van der Waals surface area (Å²) in [4.78, 5) is 24.3. The number of sulfonamides is 1. The van der Waals surface area contributed by atoms with Crippen LogP contribution >= 0.6 is 23.2 Å². The maximum absolute atomic E-state index is 13.0. The highest BCUT2D eigenvalue weighted by atomic mass is 35.5. The number of aliphatic carboxylic acids is 1. The van der Waals surface area contributed by atoms with E-state index >= 15 is 0 Å². The molecule has 6 N–H and O–H groups in total. The zero-order valence-corrected chi connectivity index (χ0v) is 22.9. The Labute approximate surface area is 234 Å². The number of amides is 1. The predicted octanol–water partition coefficient (Wildman–Crippen LogP) is 1.47. The predicted molar refractivity (Wildman–Crippen MR) is 147 cm³/mol. The molecular weight excluding hydrogens is 569 g/mol. The van der Waals surface area contributed by atoms with Crippen molar-refractivity contribution in [2.24, 2.45) is 0 Å². The van der Waals surface area contributed by atoms with Gasteiger partial charge in [0.25, 0.3) is 5.91 Å². The summed E-state index contributed by atoms with van der Waals surface area (Å²) in [5.41, 5.74) is 1.02. The van der Waals surface area contributed by atoms with Gasteiger partial charge in [-0.15, -0.1) is 0 Å². The van der Waals surface area contributed by atoms with Gasteiger partial charge >= 0.3 is 5.97 Å². The minimum absolute atomic E-state index is 0.000403. The zero-order chi connectivity index (χ0) is 28.0. The van der Waals surface area contributed by atoms with Crippen LogP contribution in [-0.2, 0) is 21.4 Å². The number of halogens is 2. The van der Waals surface area contributed by atoms with Crippen molar-refractivity contribution in [1.82, 2.24) is 35.8 Å². The van der Waals surface area contributed by atoms with E-state index in [1.807, 2.05) is 23.1 Å². The molecule has 4 rings (SSSR count). The molecule has 15 heteroatoms. The monoisotopic (exact) mass is 595 g/mol. The summed E-state index contributed by atoms with van der Waals surface area (Å²) in [5, 5.41) is 26.5. The molecule has 39 heavy (non-hydrogen) atoms. The highest BCUT2D eigenvalue weighted by Gasteiger charge is 2.29. The van der Waals surface area contributed by atoms with Crippen LogP contribution in [0.3, 0.4) is 0 Å². The molecule has 1 amide bonds. The van der Waals surface area contributed by atoms with E-state index in [9.17, 15) is 23.1 Å². The number of carboxylic acids is 1. The summed E-state index contributed by atoms with van der Waals surface area (Å²) in [5.74, 6) is -2.07. The first-order valence-electron chi connectivity index (χ1n) is 12.0. The van der Waals surface area contributed by atoms with Gasteiger partial charge in [-0.25, -0.2) is 8.42 Å². The third kappa shape index (κ3) is 7.06. The van der Waals surface area contributed by atoms with Gasteiger partial charge in [0.1, 0.15) is 17.2 Å². The molecule has 2 aromatic carbocycles. The highest BCUT2D eigenvalue weighted by molar-refractivity contribution is 7.89. The molecule has 0 aliphatic carbocycles. The first kappa shape index (κ1) is 28.8. The van der Waals surface area contributed by atoms with Gasteiger partial charge in [-0.2, -0.15) is 9.82 Å². The molecular formula is C24H27Cl2N7O5S. The Morgan fingerprint density at radius 3 is 2.62 bits per heavy atom. The van der Waals surface area contributed by atoms with Crippen LogP contribution in [0.1, 0.15) is 16.8 Å². The number of nitrogens with zero attached hydrogens (tertiary/aromatic N) is 2. The SMILES string of the molecule is O=C(NCC(NS(=O)(=O)c1c(Cl)cccc1Cl)C(=O)O)c1cccc2c1cnn2CCCNC1NC=CCN1. The minimum atomic E-state index is -4.40. The second-order valence-corrected chi connectivity index (χ2v) is 11.1. The number of aryl methyl sites for hydroxylation is 1. The van der Waals surface area contributed by atoms with E-state index < -0.39 is 39.4 Å². The van der Waals surface area contributed by atoms with Gasteiger partial charge in [0, 0.05) is 31.6 Å². The molecule has 1 aliphatic rings. The van der Waals surface area contributed by atoms with Crippen LogP contribution in [-0.4, -0.2) is 67.1 Å². The van der Waals surface area contributed by atoms with E-state index in [0.29, 0.717) is 11.9 Å². The Bertz CT molecular complexity index is 1480. The van der Waals surface area contributed by atoms with Gasteiger partial charge in [0.2, 0.25) is 10.0 Å². The van der Waals surface area contributed by atoms with Crippen LogP contribution in [0.4, 0.5) is 0 Å². The van der Waals surface area contributed by atoms with Gasteiger partial charge in [0.05, 0.1) is 27.3 Å². The number of fused-ring (bicyclic) bond motifs is 1. The number of benzene rings is 2. The molecule has 2 heterocycles. The number of carbonyl (C=O) groups excluding carboxylic acids is 1. The van der Waals surface area contributed by atoms with E-state index in [2.05, 4.69) is 26.4 Å². The molecule has 12 nitrogen and oxygen atoms in total. The summed E-state index contributed by atoms with van der Waals surface area (Å²) >= 11 is 12.0. The van der Waals surface area contributed by atoms with Gasteiger partial charge in [0.15, 0.2) is 0 Å². The summed E-state index contributed by atoms with van der Waals surface area (Å²) in [7, 11) is -4.40. The molecule has 2 atom stereocenters. The van der Waals surface area contributed by atoms with Gasteiger partial charge < -0.3 is 15.7 Å². The van der Waals surface area contributed by atoms with E-state index in [4.69, 9.17) is 23.2 Å². The summed E-state index contributed by atoms with van der Waals surface area (Å²) < 4.78 is 29.4. The first-order valence-corrected chi connectivity index (χ1v) is 14.2. The van der Waals surface area contributed by atoms with Crippen molar-refractivity contribution in [2.75, 3.05) is 19.6 Å². The number of nitrogens with one attached hydrogen (secondary N) is 5. The van der Waals surface area contributed by atoms with Gasteiger partial charge in [-0.3, -0.25) is 24.9 Å². The normalized spacial score (nSPS) is 16.1. The quantitative estimate of drug-likeness (QED) is 0.170. The number of rotatable bonds is 12. The Balaban J connectivity index is 1.39. The highest BCUT2D eigenvalue weighted by Crippen LogP contribution is 2.29. The van der Waals surface area contributed by atoms with Crippen molar-refractivity contribution >= 4 is 56.0 Å². The van der Waals surface area contributed by atoms with E-state index in [1.165, 1.54) is 18.2 Å². The van der Waals surface area contributed by atoms with E-state index in [-0.39, 0.29) is 21.9 Å². The molecule has 0 bridgehead atoms. The van der Waals surface area contributed by atoms with Crippen molar-refractivity contribution in [3.63, 3.8) is 0 Å². The molecule has 0 saturated heterocycles. The van der Waals surface area contributed by atoms with Crippen LogP contribution in [0, 0.1) is 0 Å². The molecule has 0 spiro atoms. The Morgan fingerprint density at radius 1 is 1.18 bits per heavy atom. The van der Waals surface area contributed by atoms with Crippen LogP contribution in [0.5, 0.6) is 0 Å². The lowest BCUT2D eigenvalue weighted by atomic mass is 10.1. The Kier molecular flexibility index (Phi) is 9.43. The first-order chi connectivity index (χ1) is 18.7.